The quantitative estimate of drug-likeness (QED) is 0.680. The van der Waals surface area contributed by atoms with Crippen LogP contribution in [0.25, 0.3) is 0 Å². The smallest absolute Gasteiger partial charge is 0.274 e. The van der Waals surface area contributed by atoms with Crippen LogP contribution >= 0.6 is 11.6 Å². The molecule has 0 saturated heterocycles. The first kappa shape index (κ1) is 19.7. The maximum atomic E-state index is 13.3. The average Bonchev–Trinajstić information content (AvgIpc) is 2.69. The molecule has 3 aromatic rings. The van der Waals surface area contributed by atoms with Gasteiger partial charge < -0.3 is 10.2 Å². The second-order valence-electron chi connectivity index (χ2n) is 6.30. The number of nitrogens with zero attached hydrogens (tertiary/aromatic N) is 4. The van der Waals surface area contributed by atoms with Gasteiger partial charge in [-0.1, -0.05) is 11.6 Å². The molecule has 2 heterocycles. The molecule has 1 amide bonds. The Kier molecular flexibility index (Phi) is 6.16. The summed E-state index contributed by atoms with van der Waals surface area (Å²) in [6.45, 7) is 2.48. The number of carbonyl (C=O) groups is 1. The van der Waals surface area contributed by atoms with Crippen LogP contribution in [0, 0.1) is 12.7 Å². The molecule has 0 saturated carbocycles. The second kappa shape index (κ2) is 8.75. The van der Waals surface area contributed by atoms with Gasteiger partial charge in [0.15, 0.2) is 0 Å². The normalized spacial score (nSPS) is 10.6. The Hall–Kier alpha value is -3.06. The summed E-state index contributed by atoms with van der Waals surface area (Å²) < 4.78 is 13.3. The van der Waals surface area contributed by atoms with E-state index < -0.39 is 11.7 Å². The van der Waals surface area contributed by atoms with Gasteiger partial charge >= 0.3 is 0 Å². The van der Waals surface area contributed by atoms with Crippen molar-refractivity contribution >= 4 is 29.1 Å². The number of likely N-dealkylation sites (N-methyl/N-ethyl adjacent to an activating group) is 1. The largest absolute Gasteiger partial charge is 0.344 e. The van der Waals surface area contributed by atoms with Gasteiger partial charge in [0.1, 0.15) is 11.5 Å². The van der Waals surface area contributed by atoms with Crippen LogP contribution in [0.1, 0.15) is 21.7 Å². The number of anilines is 2. The molecule has 8 heteroatoms. The minimum Gasteiger partial charge on any atom is -0.344 e. The predicted molar refractivity (Wildman–Crippen MR) is 107 cm³/mol. The molecule has 6 nitrogen and oxygen atoms in total. The number of nitrogens with one attached hydrogen (secondary N) is 1. The van der Waals surface area contributed by atoms with E-state index in [0.717, 1.165) is 12.0 Å². The van der Waals surface area contributed by atoms with Gasteiger partial charge in [0.05, 0.1) is 5.02 Å². The predicted octanol–water partition coefficient (Wildman–Crippen LogP) is 3.90. The summed E-state index contributed by atoms with van der Waals surface area (Å²) in [5.41, 5.74) is 2.43. The third-order valence-electron chi connectivity index (χ3n) is 4.08. The van der Waals surface area contributed by atoms with E-state index in [0.29, 0.717) is 23.9 Å². The summed E-state index contributed by atoms with van der Waals surface area (Å²) >= 11 is 5.76. The molecule has 0 aliphatic carbocycles. The number of carbonyl (C=O) groups excluding carboxylic acids is 1. The molecule has 0 aliphatic heterocycles. The van der Waals surface area contributed by atoms with Gasteiger partial charge in [-0.3, -0.25) is 9.78 Å². The van der Waals surface area contributed by atoms with Gasteiger partial charge in [-0.2, -0.15) is 0 Å². The number of hydrogen-bond donors (Lipinski definition) is 1. The zero-order valence-electron chi connectivity index (χ0n) is 15.5. The molecule has 0 fully saturated rings. The average molecular weight is 400 g/mol. The van der Waals surface area contributed by atoms with Crippen LogP contribution in [-0.2, 0) is 6.42 Å². The molecule has 0 spiro atoms. The van der Waals surface area contributed by atoms with Gasteiger partial charge in [-0.15, -0.1) is 0 Å². The Morgan fingerprint density at radius 3 is 2.64 bits per heavy atom. The summed E-state index contributed by atoms with van der Waals surface area (Å²) in [7, 11) is 1.87. The number of benzene rings is 1. The molecule has 1 aromatic carbocycles. The molecule has 0 bridgehead atoms. The van der Waals surface area contributed by atoms with Crippen molar-refractivity contribution in [1.29, 1.82) is 0 Å². The lowest BCUT2D eigenvalue weighted by Gasteiger charge is -2.18. The van der Waals surface area contributed by atoms with Crippen LogP contribution in [0.2, 0.25) is 5.02 Å². The van der Waals surface area contributed by atoms with E-state index >= 15 is 0 Å². The van der Waals surface area contributed by atoms with Crippen LogP contribution in [0.15, 0.2) is 48.8 Å². The summed E-state index contributed by atoms with van der Waals surface area (Å²) in [6.07, 6.45) is 4.30. The minimum atomic E-state index is -0.546. The van der Waals surface area contributed by atoms with Crippen LogP contribution < -0.4 is 10.2 Å². The highest BCUT2D eigenvalue weighted by molar-refractivity contribution is 6.31. The summed E-state index contributed by atoms with van der Waals surface area (Å²) in [5, 5.41) is 2.61. The van der Waals surface area contributed by atoms with Crippen molar-refractivity contribution in [2.24, 2.45) is 0 Å². The van der Waals surface area contributed by atoms with Crippen molar-refractivity contribution < 1.29 is 9.18 Å². The molecule has 0 radical (unpaired) electrons. The number of hydrogen-bond acceptors (Lipinski definition) is 5. The number of halogens is 2. The van der Waals surface area contributed by atoms with Gasteiger partial charge in [-0.25, -0.2) is 14.4 Å². The lowest BCUT2D eigenvalue weighted by atomic mass is 10.2. The molecule has 0 unspecified atom stereocenters. The molecule has 1 N–H and O–H groups in total. The van der Waals surface area contributed by atoms with Crippen LogP contribution in [0.5, 0.6) is 0 Å². The van der Waals surface area contributed by atoms with Crippen molar-refractivity contribution in [3.63, 3.8) is 0 Å². The third kappa shape index (κ3) is 5.01. The van der Waals surface area contributed by atoms with E-state index in [-0.39, 0.29) is 10.7 Å². The van der Waals surface area contributed by atoms with Crippen molar-refractivity contribution in [2.75, 3.05) is 23.8 Å². The monoisotopic (exact) mass is 399 g/mol. The topological polar surface area (TPSA) is 71.0 Å². The highest BCUT2D eigenvalue weighted by Gasteiger charge is 2.14. The fourth-order valence-electron chi connectivity index (χ4n) is 2.56. The number of aryl methyl sites for hydroxylation is 1. The lowest BCUT2D eigenvalue weighted by molar-refractivity contribution is 0.102. The number of aromatic nitrogens is 3. The zero-order valence-corrected chi connectivity index (χ0v) is 16.2. The highest BCUT2D eigenvalue weighted by atomic mass is 35.5. The van der Waals surface area contributed by atoms with E-state index in [4.69, 9.17) is 11.6 Å². The molecule has 2 aromatic heterocycles. The Bertz CT molecular complexity index is 984. The molecular formula is C20H19ClFN5O. The molecule has 0 aliphatic rings. The first-order valence-electron chi connectivity index (χ1n) is 8.64. The van der Waals surface area contributed by atoms with E-state index in [1.807, 2.05) is 24.1 Å². The van der Waals surface area contributed by atoms with Crippen LogP contribution in [0.4, 0.5) is 16.0 Å². The highest BCUT2D eigenvalue weighted by Crippen LogP contribution is 2.20. The van der Waals surface area contributed by atoms with Crippen molar-refractivity contribution in [3.05, 3.63) is 76.6 Å². The first-order valence-corrected chi connectivity index (χ1v) is 9.02. The van der Waals surface area contributed by atoms with Crippen LogP contribution in [0.3, 0.4) is 0 Å². The number of pyridine rings is 1. The minimum absolute atomic E-state index is 0.0618. The van der Waals surface area contributed by atoms with Crippen LogP contribution in [-0.4, -0.2) is 34.5 Å². The second-order valence-corrected chi connectivity index (χ2v) is 6.71. The standard InChI is InChI=1S/C20H19ClFN5O/c1-13-11-18(19(28)25-15-3-4-17(22)16(21)12-15)26-20(24-13)27(2)10-7-14-5-8-23-9-6-14/h3-6,8-9,11-12H,7,10H2,1-2H3,(H,25,28). The first-order chi connectivity index (χ1) is 13.4. The summed E-state index contributed by atoms with van der Waals surface area (Å²) in [6, 6.07) is 9.50. The molecule has 0 atom stereocenters. The summed E-state index contributed by atoms with van der Waals surface area (Å²) in [4.78, 5) is 27.2. The maximum absolute atomic E-state index is 13.3. The Morgan fingerprint density at radius 1 is 1.18 bits per heavy atom. The Labute approximate surface area is 167 Å². The number of rotatable bonds is 6. The molecule has 28 heavy (non-hydrogen) atoms. The van der Waals surface area contributed by atoms with Gasteiger partial charge in [-0.05, 0) is 55.3 Å². The van der Waals surface area contributed by atoms with Crippen molar-refractivity contribution in [2.45, 2.75) is 13.3 Å². The lowest BCUT2D eigenvalue weighted by Crippen LogP contribution is -2.24. The summed E-state index contributed by atoms with van der Waals surface area (Å²) in [5.74, 6) is -0.510. The maximum Gasteiger partial charge on any atom is 0.274 e. The Morgan fingerprint density at radius 2 is 1.93 bits per heavy atom. The van der Waals surface area contributed by atoms with E-state index in [2.05, 4.69) is 20.3 Å². The molecule has 144 valence electrons. The fourth-order valence-corrected chi connectivity index (χ4v) is 2.74. The van der Waals surface area contributed by atoms with Crippen molar-refractivity contribution in [3.8, 4) is 0 Å². The zero-order chi connectivity index (χ0) is 20.1. The van der Waals surface area contributed by atoms with Gasteiger partial charge in [0.2, 0.25) is 5.95 Å². The molecule has 3 rings (SSSR count). The molecular weight excluding hydrogens is 381 g/mol. The van der Waals surface area contributed by atoms with Gasteiger partial charge in [0, 0.05) is 37.4 Å². The van der Waals surface area contributed by atoms with Crippen molar-refractivity contribution in [1.82, 2.24) is 15.0 Å². The Balaban J connectivity index is 1.72. The van der Waals surface area contributed by atoms with E-state index in [1.165, 1.54) is 18.2 Å². The third-order valence-corrected chi connectivity index (χ3v) is 4.37. The van der Waals surface area contributed by atoms with E-state index in [1.54, 1.807) is 25.4 Å². The van der Waals surface area contributed by atoms with Gasteiger partial charge in [0.25, 0.3) is 5.91 Å². The fraction of sp³-hybridized carbons (Fsp3) is 0.200. The van der Waals surface area contributed by atoms with E-state index in [9.17, 15) is 9.18 Å². The number of amides is 1. The SMILES string of the molecule is Cc1cc(C(=O)Nc2ccc(F)c(Cl)c2)nc(N(C)CCc2ccncc2)n1.